The van der Waals surface area contributed by atoms with Gasteiger partial charge in [0.1, 0.15) is 5.56 Å². The molecule has 0 fully saturated rings. The number of carbonyl (C=O) groups excluding carboxylic acids is 1. The number of halogens is 3. The van der Waals surface area contributed by atoms with E-state index in [0.717, 1.165) is 6.07 Å². The van der Waals surface area contributed by atoms with Crippen molar-refractivity contribution in [3.05, 3.63) is 17.3 Å². The standard InChI is InChI=1S/C11H12F3NO4/c1-4-18-10(16)7-5-8(19-11(12,13)14)15-6(2)9(7)17-3/h5H,4H2,1-3H3. The Balaban J connectivity index is 3.22. The smallest absolute Gasteiger partial charge is 0.494 e. The van der Waals surface area contributed by atoms with Crippen molar-refractivity contribution >= 4 is 5.97 Å². The van der Waals surface area contributed by atoms with Crippen molar-refractivity contribution in [3.63, 3.8) is 0 Å². The molecular formula is C11H12F3NO4. The Hall–Kier alpha value is -1.99. The molecule has 0 aliphatic rings. The predicted molar refractivity (Wildman–Crippen MR) is 58.2 cm³/mol. The fraction of sp³-hybridized carbons (Fsp3) is 0.455. The molecule has 0 bridgehead atoms. The van der Waals surface area contributed by atoms with E-state index < -0.39 is 18.2 Å². The third-order valence-corrected chi connectivity index (χ3v) is 2.04. The number of pyridine rings is 1. The molecule has 19 heavy (non-hydrogen) atoms. The largest absolute Gasteiger partial charge is 0.574 e. The van der Waals surface area contributed by atoms with Gasteiger partial charge in [0.25, 0.3) is 0 Å². The Bertz CT molecular complexity index is 474. The third kappa shape index (κ3) is 4.01. The number of methoxy groups -OCH3 is 1. The zero-order chi connectivity index (χ0) is 14.6. The van der Waals surface area contributed by atoms with Gasteiger partial charge in [-0.3, -0.25) is 0 Å². The number of ether oxygens (including phenoxy) is 3. The monoisotopic (exact) mass is 279 g/mol. The summed E-state index contributed by atoms with van der Waals surface area (Å²) < 4.78 is 49.7. The molecule has 0 N–H and O–H groups in total. The van der Waals surface area contributed by atoms with E-state index in [1.165, 1.54) is 14.0 Å². The summed E-state index contributed by atoms with van der Waals surface area (Å²) in [4.78, 5) is 15.2. The van der Waals surface area contributed by atoms with E-state index in [4.69, 9.17) is 9.47 Å². The van der Waals surface area contributed by atoms with Gasteiger partial charge >= 0.3 is 12.3 Å². The minimum absolute atomic E-state index is 0.0491. The molecule has 0 unspecified atom stereocenters. The summed E-state index contributed by atoms with van der Waals surface area (Å²) in [6.07, 6.45) is -4.89. The van der Waals surface area contributed by atoms with Crippen LogP contribution in [0.25, 0.3) is 0 Å². The number of hydrogen-bond donors (Lipinski definition) is 0. The van der Waals surface area contributed by atoms with Gasteiger partial charge in [0.2, 0.25) is 5.88 Å². The highest BCUT2D eigenvalue weighted by atomic mass is 19.4. The summed E-state index contributed by atoms with van der Waals surface area (Å²) in [5.74, 6) is -1.50. The fourth-order valence-corrected chi connectivity index (χ4v) is 1.42. The molecular weight excluding hydrogens is 267 g/mol. The molecule has 1 heterocycles. The highest BCUT2D eigenvalue weighted by molar-refractivity contribution is 5.93. The number of aryl methyl sites for hydroxylation is 1. The summed E-state index contributed by atoms with van der Waals surface area (Å²) in [7, 11) is 1.27. The molecule has 0 aromatic carbocycles. The lowest BCUT2D eigenvalue weighted by Gasteiger charge is -2.13. The van der Waals surface area contributed by atoms with Crippen LogP contribution in [0.5, 0.6) is 11.6 Å². The Morgan fingerprint density at radius 2 is 2.05 bits per heavy atom. The Labute approximate surface area is 107 Å². The SMILES string of the molecule is CCOC(=O)c1cc(OC(F)(F)F)nc(C)c1OC. The molecule has 0 amide bonds. The van der Waals surface area contributed by atoms with Gasteiger partial charge in [-0.2, -0.15) is 0 Å². The topological polar surface area (TPSA) is 57.7 Å². The lowest BCUT2D eigenvalue weighted by atomic mass is 10.2. The van der Waals surface area contributed by atoms with Crippen molar-refractivity contribution in [1.82, 2.24) is 4.98 Å². The number of rotatable bonds is 4. The van der Waals surface area contributed by atoms with Crippen LogP contribution in [0.3, 0.4) is 0 Å². The van der Waals surface area contributed by atoms with Gasteiger partial charge < -0.3 is 14.2 Å². The zero-order valence-corrected chi connectivity index (χ0v) is 10.5. The van der Waals surface area contributed by atoms with Crippen molar-refractivity contribution < 1.29 is 32.2 Å². The number of esters is 1. The molecule has 8 heteroatoms. The van der Waals surface area contributed by atoms with Crippen LogP contribution in [-0.4, -0.2) is 31.0 Å². The molecule has 0 radical (unpaired) electrons. The molecule has 1 rings (SSSR count). The summed E-state index contributed by atoms with van der Waals surface area (Å²) in [6.45, 7) is 3.05. The molecule has 0 saturated heterocycles. The average Bonchev–Trinajstić information content (AvgIpc) is 2.26. The van der Waals surface area contributed by atoms with Crippen LogP contribution >= 0.6 is 0 Å². The predicted octanol–water partition coefficient (Wildman–Crippen LogP) is 2.47. The van der Waals surface area contributed by atoms with Gasteiger partial charge in [-0.1, -0.05) is 0 Å². The molecule has 0 aliphatic carbocycles. The first kappa shape index (κ1) is 15.1. The second-order valence-electron chi connectivity index (χ2n) is 3.39. The Kier molecular flexibility index (Phi) is 4.57. The van der Waals surface area contributed by atoms with Gasteiger partial charge in [-0.25, -0.2) is 9.78 Å². The van der Waals surface area contributed by atoms with Crippen LogP contribution in [-0.2, 0) is 4.74 Å². The van der Waals surface area contributed by atoms with Crippen molar-refractivity contribution in [2.24, 2.45) is 0 Å². The van der Waals surface area contributed by atoms with Crippen LogP contribution in [0, 0.1) is 6.92 Å². The highest BCUT2D eigenvalue weighted by Gasteiger charge is 2.33. The molecule has 0 atom stereocenters. The number of alkyl halides is 3. The minimum atomic E-state index is -4.89. The summed E-state index contributed by atoms with van der Waals surface area (Å²) in [5.41, 5.74) is -0.0802. The summed E-state index contributed by atoms with van der Waals surface area (Å²) >= 11 is 0. The molecule has 0 aliphatic heterocycles. The number of carbonyl (C=O) groups is 1. The first-order valence-electron chi connectivity index (χ1n) is 5.27. The quantitative estimate of drug-likeness (QED) is 0.792. The van der Waals surface area contributed by atoms with Crippen LogP contribution < -0.4 is 9.47 Å². The number of hydrogen-bond acceptors (Lipinski definition) is 5. The molecule has 1 aromatic rings. The Morgan fingerprint density at radius 3 is 2.53 bits per heavy atom. The van der Waals surface area contributed by atoms with Crippen molar-refractivity contribution in [3.8, 4) is 11.6 Å². The van der Waals surface area contributed by atoms with Crippen LogP contribution in [0.4, 0.5) is 13.2 Å². The van der Waals surface area contributed by atoms with Crippen molar-refractivity contribution in [1.29, 1.82) is 0 Å². The fourth-order valence-electron chi connectivity index (χ4n) is 1.42. The minimum Gasteiger partial charge on any atom is -0.494 e. The maximum Gasteiger partial charge on any atom is 0.574 e. The number of aromatic nitrogens is 1. The van der Waals surface area contributed by atoms with E-state index in [9.17, 15) is 18.0 Å². The van der Waals surface area contributed by atoms with Gasteiger partial charge in [-0.05, 0) is 13.8 Å². The van der Waals surface area contributed by atoms with Gasteiger partial charge in [0.15, 0.2) is 5.75 Å². The van der Waals surface area contributed by atoms with E-state index in [2.05, 4.69) is 9.72 Å². The molecule has 1 aromatic heterocycles. The maximum absolute atomic E-state index is 12.1. The maximum atomic E-state index is 12.1. The molecule has 106 valence electrons. The number of nitrogens with zero attached hydrogens (tertiary/aromatic N) is 1. The third-order valence-electron chi connectivity index (χ3n) is 2.04. The van der Waals surface area contributed by atoms with E-state index in [1.54, 1.807) is 6.92 Å². The van der Waals surface area contributed by atoms with E-state index in [-0.39, 0.29) is 23.6 Å². The second kappa shape index (κ2) is 5.77. The molecule has 0 saturated carbocycles. The second-order valence-corrected chi connectivity index (χ2v) is 3.39. The van der Waals surface area contributed by atoms with Gasteiger partial charge in [0, 0.05) is 6.07 Å². The normalized spacial score (nSPS) is 11.1. The van der Waals surface area contributed by atoms with Gasteiger partial charge in [0.05, 0.1) is 19.4 Å². The first-order chi connectivity index (χ1) is 8.78. The summed E-state index contributed by atoms with van der Waals surface area (Å²) in [5, 5.41) is 0. The molecule has 0 spiro atoms. The van der Waals surface area contributed by atoms with Gasteiger partial charge in [-0.15, -0.1) is 13.2 Å². The lowest BCUT2D eigenvalue weighted by Crippen LogP contribution is -2.19. The van der Waals surface area contributed by atoms with Crippen LogP contribution in [0.2, 0.25) is 0 Å². The van der Waals surface area contributed by atoms with Crippen LogP contribution in [0.1, 0.15) is 23.0 Å². The van der Waals surface area contributed by atoms with E-state index in [0.29, 0.717) is 0 Å². The zero-order valence-electron chi connectivity index (χ0n) is 10.5. The van der Waals surface area contributed by atoms with Crippen molar-refractivity contribution in [2.75, 3.05) is 13.7 Å². The van der Waals surface area contributed by atoms with E-state index in [1.807, 2.05) is 0 Å². The Morgan fingerprint density at radius 1 is 1.42 bits per heavy atom. The van der Waals surface area contributed by atoms with E-state index >= 15 is 0 Å². The summed E-state index contributed by atoms with van der Waals surface area (Å²) in [6, 6.07) is 0.831. The highest BCUT2D eigenvalue weighted by Crippen LogP contribution is 2.29. The first-order valence-corrected chi connectivity index (χ1v) is 5.27. The van der Waals surface area contributed by atoms with Crippen LogP contribution in [0.15, 0.2) is 6.07 Å². The lowest BCUT2D eigenvalue weighted by molar-refractivity contribution is -0.276. The average molecular weight is 279 g/mol. The van der Waals surface area contributed by atoms with Crippen molar-refractivity contribution in [2.45, 2.75) is 20.2 Å². The molecule has 5 nitrogen and oxygen atoms in total.